The summed E-state index contributed by atoms with van der Waals surface area (Å²) in [6.07, 6.45) is 0. The normalized spacial score (nSPS) is 10.6. The molecule has 4 aromatic carbocycles. The van der Waals surface area contributed by atoms with Crippen molar-refractivity contribution in [2.24, 2.45) is 0 Å². The summed E-state index contributed by atoms with van der Waals surface area (Å²) in [5, 5.41) is 2.28. The third kappa shape index (κ3) is 4.24. The van der Waals surface area contributed by atoms with Crippen molar-refractivity contribution in [3.8, 4) is 5.75 Å². The standard InChI is InChI=1S/C27H25NO3/c1-3-30-26-18-17-22(19-24(26)27(29)31-4-2)28(21-13-6-5-7-14-21)25-16-10-12-20-11-8-9-15-23(20)25/h5-19H,3-4H2,1-2H3. The topological polar surface area (TPSA) is 38.8 Å². The second-order valence-corrected chi connectivity index (χ2v) is 7.00. The van der Waals surface area contributed by atoms with Crippen molar-refractivity contribution in [1.82, 2.24) is 0 Å². The van der Waals surface area contributed by atoms with Crippen LogP contribution in [-0.4, -0.2) is 19.2 Å². The minimum absolute atomic E-state index is 0.306. The molecule has 0 bridgehead atoms. The summed E-state index contributed by atoms with van der Waals surface area (Å²) >= 11 is 0. The van der Waals surface area contributed by atoms with E-state index in [2.05, 4.69) is 47.4 Å². The highest BCUT2D eigenvalue weighted by atomic mass is 16.5. The second-order valence-electron chi connectivity index (χ2n) is 7.00. The van der Waals surface area contributed by atoms with Gasteiger partial charge in [-0.15, -0.1) is 0 Å². The summed E-state index contributed by atoms with van der Waals surface area (Å²) in [6, 6.07) is 30.3. The molecule has 0 atom stereocenters. The van der Waals surface area contributed by atoms with Crippen molar-refractivity contribution < 1.29 is 14.3 Å². The van der Waals surface area contributed by atoms with E-state index in [-0.39, 0.29) is 0 Å². The van der Waals surface area contributed by atoms with Crippen LogP contribution in [0.3, 0.4) is 0 Å². The van der Waals surface area contributed by atoms with Gasteiger partial charge < -0.3 is 14.4 Å². The molecule has 156 valence electrons. The van der Waals surface area contributed by atoms with Gasteiger partial charge in [0.1, 0.15) is 11.3 Å². The Bertz CT molecular complexity index is 1180. The van der Waals surface area contributed by atoms with Crippen LogP contribution in [0.1, 0.15) is 24.2 Å². The lowest BCUT2D eigenvalue weighted by atomic mass is 10.1. The van der Waals surface area contributed by atoms with Gasteiger partial charge in [-0.2, -0.15) is 0 Å². The number of carbonyl (C=O) groups excluding carboxylic acids is 1. The van der Waals surface area contributed by atoms with Gasteiger partial charge in [0.05, 0.1) is 18.9 Å². The van der Waals surface area contributed by atoms with Gasteiger partial charge in [-0.1, -0.05) is 54.6 Å². The van der Waals surface area contributed by atoms with Crippen LogP contribution in [0, 0.1) is 0 Å². The number of nitrogens with zero attached hydrogens (tertiary/aromatic N) is 1. The van der Waals surface area contributed by atoms with Crippen LogP contribution in [-0.2, 0) is 4.74 Å². The third-order valence-corrected chi connectivity index (χ3v) is 5.04. The van der Waals surface area contributed by atoms with Crippen LogP contribution in [0.4, 0.5) is 17.1 Å². The number of rotatable bonds is 7. The van der Waals surface area contributed by atoms with Crippen LogP contribution in [0.15, 0.2) is 91.0 Å². The van der Waals surface area contributed by atoms with Crippen LogP contribution < -0.4 is 9.64 Å². The molecule has 4 rings (SSSR count). The highest BCUT2D eigenvalue weighted by molar-refractivity contribution is 6.00. The summed E-state index contributed by atoms with van der Waals surface area (Å²) in [7, 11) is 0. The van der Waals surface area contributed by atoms with E-state index in [0.717, 1.165) is 27.8 Å². The zero-order chi connectivity index (χ0) is 21.6. The highest BCUT2D eigenvalue weighted by Gasteiger charge is 2.20. The molecule has 0 heterocycles. The van der Waals surface area contributed by atoms with Crippen molar-refractivity contribution in [2.75, 3.05) is 18.1 Å². The maximum atomic E-state index is 12.7. The molecule has 0 unspecified atom stereocenters. The lowest BCUT2D eigenvalue weighted by molar-refractivity contribution is 0.0522. The number of para-hydroxylation sites is 1. The van der Waals surface area contributed by atoms with Crippen LogP contribution >= 0.6 is 0 Å². The summed E-state index contributed by atoms with van der Waals surface area (Å²) in [4.78, 5) is 14.8. The molecular formula is C27H25NO3. The van der Waals surface area contributed by atoms with Crippen molar-refractivity contribution >= 4 is 33.8 Å². The monoisotopic (exact) mass is 411 g/mol. The minimum atomic E-state index is -0.390. The molecule has 0 amide bonds. The van der Waals surface area contributed by atoms with E-state index >= 15 is 0 Å². The Balaban J connectivity index is 1.93. The maximum Gasteiger partial charge on any atom is 0.341 e. The number of ether oxygens (including phenoxy) is 2. The van der Waals surface area contributed by atoms with Gasteiger partial charge in [-0.3, -0.25) is 0 Å². The first-order valence-electron chi connectivity index (χ1n) is 10.5. The molecule has 31 heavy (non-hydrogen) atoms. The fraction of sp³-hybridized carbons (Fsp3) is 0.148. The molecule has 0 saturated heterocycles. The van der Waals surface area contributed by atoms with Gasteiger partial charge in [-0.05, 0) is 55.6 Å². The Kier molecular flexibility index (Phi) is 6.18. The first kappa shape index (κ1) is 20.5. The Labute approximate surface area is 182 Å². The van der Waals surface area contributed by atoms with Gasteiger partial charge >= 0.3 is 5.97 Å². The zero-order valence-electron chi connectivity index (χ0n) is 17.7. The smallest absolute Gasteiger partial charge is 0.341 e. The summed E-state index contributed by atoms with van der Waals surface area (Å²) in [5.41, 5.74) is 3.30. The summed E-state index contributed by atoms with van der Waals surface area (Å²) in [6.45, 7) is 4.47. The van der Waals surface area contributed by atoms with Crippen molar-refractivity contribution in [3.63, 3.8) is 0 Å². The Morgan fingerprint density at radius 3 is 2.29 bits per heavy atom. The SMILES string of the molecule is CCOC(=O)c1cc(N(c2ccccc2)c2cccc3ccccc23)ccc1OCC. The van der Waals surface area contributed by atoms with E-state index in [0.29, 0.717) is 24.5 Å². The van der Waals surface area contributed by atoms with Crippen molar-refractivity contribution in [3.05, 3.63) is 96.6 Å². The number of carbonyl (C=O) groups is 1. The predicted molar refractivity (Wildman–Crippen MR) is 126 cm³/mol. The lowest BCUT2D eigenvalue weighted by Gasteiger charge is -2.27. The number of hydrogen-bond donors (Lipinski definition) is 0. The first-order valence-corrected chi connectivity index (χ1v) is 10.5. The molecule has 4 nitrogen and oxygen atoms in total. The molecule has 0 N–H and O–H groups in total. The van der Waals surface area contributed by atoms with Gasteiger partial charge in [0.15, 0.2) is 0 Å². The quantitative estimate of drug-likeness (QED) is 0.311. The molecule has 0 saturated carbocycles. The third-order valence-electron chi connectivity index (χ3n) is 5.04. The number of benzene rings is 4. The van der Waals surface area contributed by atoms with Crippen molar-refractivity contribution in [2.45, 2.75) is 13.8 Å². The fourth-order valence-corrected chi connectivity index (χ4v) is 3.71. The molecule has 0 radical (unpaired) electrons. The molecular weight excluding hydrogens is 386 g/mol. The van der Waals surface area contributed by atoms with Crippen LogP contribution in [0.5, 0.6) is 5.75 Å². The average molecular weight is 412 g/mol. The van der Waals surface area contributed by atoms with Crippen molar-refractivity contribution in [1.29, 1.82) is 0 Å². The highest BCUT2D eigenvalue weighted by Crippen LogP contribution is 2.40. The zero-order valence-corrected chi connectivity index (χ0v) is 17.7. The Morgan fingerprint density at radius 1 is 0.774 bits per heavy atom. The Hall–Kier alpha value is -3.79. The molecule has 0 aliphatic carbocycles. The van der Waals surface area contributed by atoms with Crippen LogP contribution in [0.25, 0.3) is 10.8 Å². The first-order chi connectivity index (χ1) is 15.2. The second kappa shape index (κ2) is 9.35. The minimum Gasteiger partial charge on any atom is -0.493 e. The van der Waals surface area contributed by atoms with E-state index in [1.165, 1.54) is 0 Å². The van der Waals surface area contributed by atoms with E-state index in [1.54, 1.807) is 6.92 Å². The van der Waals surface area contributed by atoms with E-state index in [1.807, 2.05) is 55.5 Å². The fourth-order valence-electron chi connectivity index (χ4n) is 3.71. The average Bonchev–Trinajstić information content (AvgIpc) is 2.81. The molecule has 0 fully saturated rings. The van der Waals surface area contributed by atoms with Gasteiger partial charge in [0.25, 0.3) is 0 Å². The molecule has 0 spiro atoms. The number of anilines is 3. The molecule has 4 heteroatoms. The number of esters is 1. The predicted octanol–water partition coefficient (Wildman–Crippen LogP) is 6.89. The van der Waals surface area contributed by atoms with E-state index in [9.17, 15) is 4.79 Å². The van der Waals surface area contributed by atoms with Crippen LogP contribution in [0.2, 0.25) is 0 Å². The maximum absolute atomic E-state index is 12.7. The number of hydrogen-bond acceptors (Lipinski definition) is 4. The number of fused-ring (bicyclic) bond motifs is 1. The molecule has 0 aliphatic heterocycles. The summed E-state index contributed by atoms with van der Waals surface area (Å²) in [5.74, 6) is 0.134. The summed E-state index contributed by atoms with van der Waals surface area (Å²) < 4.78 is 11.0. The largest absolute Gasteiger partial charge is 0.493 e. The Morgan fingerprint density at radius 2 is 1.52 bits per heavy atom. The lowest BCUT2D eigenvalue weighted by Crippen LogP contribution is -2.13. The van der Waals surface area contributed by atoms with E-state index < -0.39 is 5.97 Å². The van der Waals surface area contributed by atoms with Gasteiger partial charge in [-0.25, -0.2) is 4.79 Å². The molecule has 0 aliphatic rings. The molecule has 4 aromatic rings. The molecule has 0 aromatic heterocycles. The van der Waals surface area contributed by atoms with Gasteiger partial charge in [0, 0.05) is 16.8 Å². The van der Waals surface area contributed by atoms with Gasteiger partial charge in [0.2, 0.25) is 0 Å². The van der Waals surface area contributed by atoms with E-state index in [4.69, 9.17) is 9.47 Å².